The Morgan fingerprint density at radius 2 is 1.54 bits per heavy atom. The second-order valence-electron chi connectivity index (χ2n) is 10.1. The summed E-state index contributed by atoms with van der Waals surface area (Å²) in [5.74, 6) is -0.268. The second-order valence-corrected chi connectivity index (χ2v) is 11.0. The van der Waals surface area contributed by atoms with Crippen molar-refractivity contribution in [3.63, 3.8) is 0 Å². The standard InChI is InChI=1S/C30H38N4O4S/c1-19(2)16-25(31)28(36)34-27(17-20-8-12-24(35)13-9-20)30(38)33-26(14-15-39-3)29(37)32-23-11-10-21-6-4-5-7-22(21)18-23/h4-13,18-19,25-27,35H,14-17,31H2,1-3H3,(H,32,37)(H,33,38)(H,34,36)/t25-,26+,27+/m1/s1. The van der Waals surface area contributed by atoms with Crippen LogP contribution in [0.15, 0.2) is 66.7 Å². The van der Waals surface area contributed by atoms with Crippen LogP contribution in [-0.2, 0) is 20.8 Å². The summed E-state index contributed by atoms with van der Waals surface area (Å²) < 4.78 is 0. The van der Waals surface area contributed by atoms with Crippen LogP contribution >= 0.6 is 11.8 Å². The van der Waals surface area contributed by atoms with Crippen LogP contribution in [0.3, 0.4) is 0 Å². The van der Waals surface area contributed by atoms with E-state index in [0.29, 0.717) is 24.3 Å². The third kappa shape index (κ3) is 9.30. The van der Waals surface area contributed by atoms with Gasteiger partial charge in [-0.05, 0) is 71.4 Å². The third-order valence-corrected chi connectivity index (χ3v) is 6.98. The number of hydrogen-bond donors (Lipinski definition) is 5. The van der Waals surface area contributed by atoms with Gasteiger partial charge in [-0.25, -0.2) is 0 Å². The Morgan fingerprint density at radius 1 is 0.872 bits per heavy atom. The summed E-state index contributed by atoms with van der Waals surface area (Å²) >= 11 is 1.57. The number of benzene rings is 3. The number of phenols is 1. The van der Waals surface area contributed by atoms with Crippen molar-refractivity contribution < 1.29 is 19.5 Å². The van der Waals surface area contributed by atoms with E-state index in [-0.39, 0.29) is 24.0 Å². The Morgan fingerprint density at radius 3 is 2.21 bits per heavy atom. The lowest BCUT2D eigenvalue weighted by Gasteiger charge is -2.25. The van der Waals surface area contributed by atoms with Crippen LogP contribution in [0.25, 0.3) is 10.8 Å². The SMILES string of the molecule is CSCC[C@H](NC(=O)[C@H](Cc1ccc(O)cc1)NC(=O)[C@H](N)CC(C)C)C(=O)Nc1ccc2ccccc2c1. The summed E-state index contributed by atoms with van der Waals surface area (Å²) in [5, 5.41) is 20.3. The third-order valence-electron chi connectivity index (χ3n) is 6.33. The molecule has 39 heavy (non-hydrogen) atoms. The predicted octanol–water partition coefficient (Wildman–Crippen LogP) is 3.82. The number of carbonyl (C=O) groups excluding carboxylic acids is 3. The topological polar surface area (TPSA) is 134 Å². The van der Waals surface area contributed by atoms with Crippen LogP contribution < -0.4 is 21.7 Å². The smallest absolute Gasteiger partial charge is 0.246 e. The zero-order valence-electron chi connectivity index (χ0n) is 22.6. The highest BCUT2D eigenvalue weighted by Gasteiger charge is 2.28. The van der Waals surface area contributed by atoms with Gasteiger partial charge in [0.1, 0.15) is 17.8 Å². The first kappa shape index (κ1) is 30.0. The largest absolute Gasteiger partial charge is 0.508 e. The molecule has 0 fully saturated rings. The van der Waals surface area contributed by atoms with Crippen molar-refractivity contribution in [1.82, 2.24) is 10.6 Å². The summed E-state index contributed by atoms with van der Waals surface area (Å²) in [6.45, 7) is 3.94. The Hall–Kier alpha value is -3.56. The number of nitrogens with one attached hydrogen (secondary N) is 3. The van der Waals surface area contributed by atoms with Crippen molar-refractivity contribution in [3.8, 4) is 5.75 Å². The van der Waals surface area contributed by atoms with Crippen molar-refractivity contribution in [2.75, 3.05) is 17.3 Å². The highest BCUT2D eigenvalue weighted by molar-refractivity contribution is 7.98. The van der Waals surface area contributed by atoms with Crippen molar-refractivity contribution in [2.24, 2.45) is 11.7 Å². The number of nitrogens with two attached hydrogens (primary N) is 1. The van der Waals surface area contributed by atoms with Gasteiger partial charge in [0, 0.05) is 12.1 Å². The minimum absolute atomic E-state index is 0.102. The molecule has 3 atom stereocenters. The van der Waals surface area contributed by atoms with E-state index in [1.54, 1.807) is 23.9 Å². The maximum Gasteiger partial charge on any atom is 0.246 e. The predicted molar refractivity (Wildman–Crippen MR) is 159 cm³/mol. The fourth-order valence-corrected chi connectivity index (χ4v) is 4.72. The first-order valence-corrected chi connectivity index (χ1v) is 14.5. The number of rotatable bonds is 13. The van der Waals surface area contributed by atoms with Gasteiger partial charge in [-0.1, -0.05) is 56.3 Å². The number of fused-ring (bicyclic) bond motifs is 1. The Labute approximate surface area is 234 Å². The van der Waals surface area contributed by atoms with E-state index in [9.17, 15) is 19.5 Å². The lowest BCUT2D eigenvalue weighted by Crippen LogP contribution is -2.56. The van der Waals surface area contributed by atoms with Crippen molar-refractivity contribution in [1.29, 1.82) is 0 Å². The number of phenolic OH excluding ortho intramolecular Hbond substituents is 1. The lowest BCUT2D eigenvalue weighted by atomic mass is 10.0. The minimum Gasteiger partial charge on any atom is -0.508 e. The molecule has 0 unspecified atom stereocenters. The van der Waals surface area contributed by atoms with Gasteiger partial charge in [-0.15, -0.1) is 0 Å². The second kappa shape index (κ2) is 14.6. The Balaban J connectivity index is 1.77. The zero-order chi connectivity index (χ0) is 28.4. The van der Waals surface area contributed by atoms with E-state index >= 15 is 0 Å². The molecule has 3 aromatic rings. The molecule has 0 bridgehead atoms. The van der Waals surface area contributed by atoms with Crippen molar-refractivity contribution >= 4 is 45.9 Å². The van der Waals surface area contributed by atoms with Crippen molar-refractivity contribution in [3.05, 3.63) is 72.3 Å². The molecular weight excluding hydrogens is 512 g/mol. The number of hydrogen-bond acceptors (Lipinski definition) is 6. The van der Waals surface area contributed by atoms with Crippen LogP contribution in [0.5, 0.6) is 5.75 Å². The average molecular weight is 551 g/mol. The molecule has 6 N–H and O–H groups in total. The molecule has 8 nitrogen and oxygen atoms in total. The maximum absolute atomic E-state index is 13.5. The molecule has 3 amide bonds. The molecule has 0 aliphatic carbocycles. The molecule has 0 aliphatic rings. The molecule has 208 valence electrons. The van der Waals surface area contributed by atoms with Crippen LogP contribution in [-0.4, -0.2) is 53.0 Å². The van der Waals surface area contributed by atoms with E-state index in [2.05, 4.69) is 16.0 Å². The van der Waals surface area contributed by atoms with Gasteiger partial charge in [0.15, 0.2) is 0 Å². The molecule has 3 rings (SSSR count). The fourth-order valence-electron chi connectivity index (χ4n) is 4.24. The molecule has 0 saturated carbocycles. The molecule has 0 spiro atoms. The average Bonchev–Trinajstić information content (AvgIpc) is 2.91. The van der Waals surface area contributed by atoms with Gasteiger partial charge >= 0.3 is 0 Å². The molecule has 0 heterocycles. The summed E-state index contributed by atoms with van der Waals surface area (Å²) in [7, 11) is 0. The van der Waals surface area contributed by atoms with Crippen LogP contribution in [0.4, 0.5) is 5.69 Å². The van der Waals surface area contributed by atoms with Crippen LogP contribution in [0.1, 0.15) is 32.3 Å². The molecule has 0 saturated heterocycles. The number of thioether (sulfide) groups is 1. The number of carbonyl (C=O) groups is 3. The van der Waals surface area contributed by atoms with E-state index < -0.39 is 29.9 Å². The van der Waals surface area contributed by atoms with E-state index in [1.165, 1.54) is 12.1 Å². The Kier molecular flexibility index (Phi) is 11.2. The first-order valence-electron chi connectivity index (χ1n) is 13.1. The van der Waals surface area contributed by atoms with E-state index in [1.807, 2.05) is 62.6 Å². The minimum atomic E-state index is -0.953. The van der Waals surface area contributed by atoms with Gasteiger partial charge in [0.25, 0.3) is 0 Å². The molecular formula is C30H38N4O4S. The van der Waals surface area contributed by atoms with Gasteiger partial charge in [-0.3, -0.25) is 14.4 Å². The lowest BCUT2D eigenvalue weighted by molar-refractivity contribution is -0.131. The van der Waals surface area contributed by atoms with E-state index in [4.69, 9.17) is 5.73 Å². The molecule has 9 heteroatoms. The van der Waals surface area contributed by atoms with E-state index in [0.717, 1.165) is 16.3 Å². The van der Waals surface area contributed by atoms with Crippen LogP contribution in [0.2, 0.25) is 0 Å². The number of aromatic hydroxyl groups is 1. The first-order chi connectivity index (χ1) is 18.7. The molecule has 0 aliphatic heterocycles. The quantitative estimate of drug-likeness (QED) is 0.220. The normalized spacial score (nSPS) is 13.5. The Bertz CT molecular complexity index is 1270. The van der Waals surface area contributed by atoms with Crippen LogP contribution in [0, 0.1) is 5.92 Å². The summed E-state index contributed by atoms with van der Waals surface area (Å²) in [6, 6.07) is 17.4. The summed E-state index contributed by atoms with van der Waals surface area (Å²) in [4.78, 5) is 39.6. The fraction of sp³-hybridized carbons (Fsp3) is 0.367. The molecule has 3 aromatic carbocycles. The van der Waals surface area contributed by atoms with Gasteiger partial charge in [0.2, 0.25) is 17.7 Å². The highest BCUT2D eigenvalue weighted by atomic mass is 32.2. The van der Waals surface area contributed by atoms with Gasteiger partial charge in [0.05, 0.1) is 6.04 Å². The molecule has 0 aromatic heterocycles. The highest BCUT2D eigenvalue weighted by Crippen LogP contribution is 2.19. The van der Waals surface area contributed by atoms with Crippen molar-refractivity contribution in [2.45, 2.75) is 51.2 Å². The summed E-state index contributed by atoms with van der Waals surface area (Å²) in [5.41, 5.74) is 7.45. The zero-order valence-corrected chi connectivity index (χ0v) is 23.5. The van der Waals surface area contributed by atoms with Gasteiger partial charge in [-0.2, -0.15) is 11.8 Å². The molecule has 0 radical (unpaired) electrons. The van der Waals surface area contributed by atoms with Gasteiger partial charge < -0.3 is 26.8 Å². The monoisotopic (exact) mass is 550 g/mol. The number of amides is 3. The number of anilines is 1. The maximum atomic E-state index is 13.5. The summed E-state index contributed by atoms with van der Waals surface area (Å²) in [6.07, 6.45) is 3.00.